The highest BCUT2D eigenvalue weighted by Gasteiger charge is 2.34. The Morgan fingerprint density at radius 3 is 2.56 bits per heavy atom. The average Bonchev–Trinajstić information content (AvgIpc) is 2.86. The number of carbonyl (C=O) groups excluding carboxylic acids is 2. The minimum Gasteiger partial charge on any atom is -0.504 e. The third kappa shape index (κ3) is 3.29. The van der Waals surface area contributed by atoms with Crippen molar-refractivity contribution < 1.29 is 23.8 Å². The average molecular weight is 454 g/mol. The molecule has 1 fully saturated rings. The number of halogens is 2. The monoisotopic (exact) mass is 454 g/mol. The van der Waals surface area contributed by atoms with Crippen LogP contribution in [0.25, 0.3) is 6.08 Å². The smallest absolute Gasteiger partial charge is 0.282 e. The van der Waals surface area contributed by atoms with Crippen LogP contribution in [0, 0.1) is 9.39 Å². The fraction of sp³-hybridized carbons (Fsp3) is 0.0588. The van der Waals surface area contributed by atoms with Crippen LogP contribution >= 0.6 is 22.6 Å². The molecule has 2 aromatic carbocycles. The third-order valence-corrected chi connectivity index (χ3v) is 4.38. The summed E-state index contributed by atoms with van der Waals surface area (Å²) in [5, 5.41) is 10.9. The first-order valence-corrected chi connectivity index (χ1v) is 8.18. The van der Waals surface area contributed by atoms with E-state index in [1.807, 2.05) is 22.6 Å². The molecule has 0 radical (unpaired) electrons. The van der Waals surface area contributed by atoms with Gasteiger partial charge in [0.15, 0.2) is 11.5 Å². The number of methoxy groups -OCH3 is 1. The summed E-state index contributed by atoms with van der Waals surface area (Å²) in [6.45, 7) is 0. The molecule has 0 spiro atoms. The van der Waals surface area contributed by atoms with Gasteiger partial charge in [-0.15, -0.1) is 0 Å². The molecule has 8 heteroatoms. The standard InChI is InChI=1S/C17H12FIN2O4/c1-25-14-8-9(7-13(19)15(14)22)6-12-16(23)20-21(17(12)24)11-4-2-10(18)3-5-11/h2-8,22H,1H3,(H,20,23)/b12-6-. The number of carbonyl (C=O) groups is 2. The van der Waals surface area contributed by atoms with Gasteiger partial charge in [0.25, 0.3) is 11.8 Å². The van der Waals surface area contributed by atoms with Crippen molar-refractivity contribution in [3.8, 4) is 11.5 Å². The lowest BCUT2D eigenvalue weighted by Gasteiger charge is -2.14. The predicted molar refractivity (Wildman–Crippen MR) is 97.4 cm³/mol. The van der Waals surface area contributed by atoms with E-state index < -0.39 is 17.6 Å². The van der Waals surface area contributed by atoms with Gasteiger partial charge in [0.2, 0.25) is 0 Å². The molecule has 128 valence electrons. The Hall–Kier alpha value is -2.62. The first kappa shape index (κ1) is 17.2. The maximum absolute atomic E-state index is 13.0. The number of anilines is 1. The SMILES string of the molecule is COc1cc(/C=C2/C(=O)NN(c3ccc(F)cc3)C2=O)cc(I)c1O. The van der Waals surface area contributed by atoms with Crippen LogP contribution in [0.4, 0.5) is 10.1 Å². The predicted octanol–water partition coefficient (Wildman–Crippen LogP) is 2.61. The zero-order valence-electron chi connectivity index (χ0n) is 12.9. The van der Waals surface area contributed by atoms with Crippen molar-refractivity contribution in [3.63, 3.8) is 0 Å². The van der Waals surface area contributed by atoms with E-state index in [0.717, 1.165) is 5.01 Å². The van der Waals surface area contributed by atoms with E-state index >= 15 is 0 Å². The molecule has 0 aromatic heterocycles. The Labute approximate surface area is 156 Å². The molecule has 1 saturated heterocycles. The molecule has 1 heterocycles. The van der Waals surface area contributed by atoms with Crippen LogP contribution in [-0.2, 0) is 9.59 Å². The lowest BCUT2D eigenvalue weighted by molar-refractivity contribution is -0.117. The number of phenols is 1. The number of nitrogens with one attached hydrogen (secondary N) is 1. The van der Waals surface area contributed by atoms with Crippen molar-refractivity contribution in [1.29, 1.82) is 0 Å². The Morgan fingerprint density at radius 2 is 1.92 bits per heavy atom. The van der Waals surface area contributed by atoms with Gasteiger partial charge in [-0.25, -0.2) is 9.40 Å². The van der Waals surface area contributed by atoms with Crippen molar-refractivity contribution in [2.75, 3.05) is 12.1 Å². The van der Waals surface area contributed by atoms with Crippen LogP contribution in [0.15, 0.2) is 42.0 Å². The Kier molecular flexibility index (Phi) is 4.62. The minimum atomic E-state index is -0.573. The number of rotatable bonds is 3. The van der Waals surface area contributed by atoms with E-state index in [1.165, 1.54) is 43.5 Å². The fourth-order valence-electron chi connectivity index (χ4n) is 2.33. The Morgan fingerprint density at radius 1 is 1.24 bits per heavy atom. The second-order valence-electron chi connectivity index (χ2n) is 5.17. The van der Waals surface area contributed by atoms with Crippen molar-refractivity contribution in [2.45, 2.75) is 0 Å². The van der Waals surface area contributed by atoms with Gasteiger partial charge >= 0.3 is 0 Å². The number of hydrogen-bond acceptors (Lipinski definition) is 4. The number of aromatic hydroxyl groups is 1. The van der Waals surface area contributed by atoms with Crippen LogP contribution in [0.1, 0.15) is 5.56 Å². The van der Waals surface area contributed by atoms with Crippen LogP contribution in [0.5, 0.6) is 11.5 Å². The minimum absolute atomic E-state index is 0.0135. The van der Waals surface area contributed by atoms with Crippen LogP contribution in [-0.4, -0.2) is 24.0 Å². The quantitative estimate of drug-likeness (QED) is 0.425. The summed E-state index contributed by atoms with van der Waals surface area (Å²) >= 11 is 1.92. The molecule has 0 saturated carbocycles. The van der Waals surface area contributed by atoms with Gasteiger partial charge in [0.1, 0.15) is 11.4 Å². The summed E-state index contributed by atoms with van der Waals surface area (Å²) in [7, 11) is 1.41. The van der Waals surface area contributed by atoms with E-state index in [-0.39, 0.29) is 17.1 Å². The molecule has 3 rings (SSSR count). The zero-order chi connectivity index (χ0) is 18.1. The van der Waals surface area contributed by atoms with E-state index in [0.29, 0.717) is 14.8 Å². The maximum atomic E-state index is 13.0. The fourth-order valence-corrected chi connectivity index (χ4v) is 2.95. The van der Waals surface area contributed by atoms with Gasteiger partial charge in [0, 0.05) is 0 Å². The maximum Gasteiger partial charge on any atom is 0.282 e. The largest absolute Gasteiger partial charge is 0.504 e. The lowest BCUT2D eigenvalue weighted by atomic mass is 10.1. The van der Waals surface area contributed by atoms with E-state index in [1.54, 1.807) is 6.07 Å². The molecule has 2 amide bonds. The zero-order valence-corrected chi connectivity index (χ0v) is 15.1. The Balaban J connectivity index is 1.96. The van der Waals surface area contributed by atoms with Gasteiger partial charge in [0.05, 0.1) is 16.4 Å². The van der Waals surface area contributed by atoms with Crippen molar-refractivity contribution >= 4 is 46.2 Å². The van der Waals surface area contributed by atoms with Crippen LogP contribution in [0.2, 0.25) is 0 Å². The summed E-state index contributed by atoms with van der Waals surface area (Å²) in [4.78, 5) is 24.7. The summed E-state index contributed by atoms with van der Waals surface area (Å²) in [5.74, 6) is -1.35. The molecule has 0 aliphatic carbocycles. The molecule has 0 atom stereocenters. The van der Waals surface area contributed by atoms with Gasteiger partial charge in [-0.1, -0.05) is 0 Å². The molecule has 2 aromatic rings. The number of phenolic OH excluding ortho intramolecular Hbond substituents is 1. The molecular weight excluding hydrogens is 442 g/mol. The molecule has 2 N–H and O–H groups in total. The lowest BCUT2D eigenvalue weighted by Crippen LogP contribution is -2.35. The number of amides is 2. The first-order valence-electron chi connectivity index (χ1n) is 7.10. The van der Waals surface area contributed by atoms with Gasteiger partial charge in [-0.3, -0.25) is 15.0 Å². The van der Waals surface area contributed by atoms with Crippen molar-refractivity contribution in [2.24, 2.45) is 0 Å². The molecule has 1 aliphatic rings. The van der Waals surface area contributed by atoms with E-state index in [4.69, 9.17) is 4.74 Å². The van der Waals surface area contributed by atoms with Gasteiger partial charge in [-0.05, 0) is 70.6 Å². The van der Waals surface area contributed by atoms with Gasteiger partial charge < -0.3 is 9.84 Å². The molecular formula is C17H12FIN2O4. The topological polar surface area (TPSA) is 78.9 Å². The third-order valence-electron chi connectivity index (χ3n) is 3.56. The molecule has 0 unspecified atom stereocenters. The van der Waals surface area contributed by atoms with Crippen LogP contribution in [0.3, 0.4) is 0 Å². The number of hydrogen-bond donors (Lipinski definition) is 2. The number of nitrogens with zero attached hydrogens (tertiary/aromatic N) is 1. The Bertz CT molecular complexity index is 896. The first-order chi connectivity index (χ1) is 11.9. The second-order valence-corrected chi connectivity index (χ2v) is 6.33. The van der Waals surface area contributed by atoms with Gasteiger partial charge in [-0.2, -0.15) is 0 Å². The highest BCUT2D eigenvalue weighted by Crippen LogP contribution is 2.33. The summed E-state index contributed by atoms with van der Waals surface area (Å²) in [5.41, 5.74) is 3.23. The van der Waals surface area contributed by atoms with E-state index in [2.05, 4.69) is 5.43 Å². The van der Waals surface area contributed by atoms with Crippen molar-refractivity contribution in [3.05, 3.63) is 56.9 Å². The van der Waals surface area contributed by atoms with Crippen LogP contribution < -0.4 is 15.2 Å². The number of benzene rings is 2. The normalized spacial score (nSPS) is 15.6. The highest BCUT2D eigenvalue weighted by atomic mass is 127. The second kappa shape index (κ2) is 6.71. The molecule has 1 aliphatic heterocycles. The van der Waals surface area contributed by atoms with E-state index in [9.17, 15) is 19.1 Å². The summed E-state index contributed by atoms with van der Waals surface area (Å²) in [6, 6.07) is 8.32. The summed E-state index contributed by atoms with van der Waals surface area (Å²) in [6.07, 6.45) is 1.41. The molecule has 6 nitrogen and oxygen atoms in total. The molecule has 0 bridgehead atoms. The summed E-state index contributed by atoms with van der Waals surface area (Å²) < 4.78 is 18.6. The number of hydrazine groups is 1. The van der Waals surface area contributed by atoms with Crippen molar-refractivity contribution in [1.82, 2.24) is 5.43 Å². The number of ether oxygens (including phenoxy) is 1. The molecule has 25 heavy (non-hydrogen) atoms. The highest BCUT2D eigenvalue weighted by molar-refractivity contribution is 14.1.